The van der Waals surface area contributed by atoms with Crippen molar-refractivity contribution < 1.29 is 0 Å². The first kappa shape index (κ1) is 34.2. The second-order valence-electron chi connectivity index (χ2n) is 7.66. The van der Waals surface area contributed by atoms with Gasteiger partial charge in [0.25, 0.3) is 0 Å². The van der Waals surface area contributed by atoms with E-state index in [0.29, 0.717) is 0 Å². The molecular formula is C26H32N16. The van der Waals surface area contributed by atoms with Gasteiger partial charge in [-0.1, -0.05) is 0 Å². The van der Waals surface area contributed by atoms with Crippen LogP contribution in [0, 0.1) is 41.5 Å². The van der Waals surface area contributed by atoms with Gasteiger partial charge >= 0.3 is 0 Å². The van der Waals surface area contributed by atoms with Gasteiger partial charge < -0.3 is 0 Å². The monoisotopic (exact) mass is 568 g/mol. The maximum Gasteiger partial charge on any atom is 0.138 e. The van der Waals surface area contributed by atoms with Gasteiger partial charge in [-0.3, -0.25) is 9.97 Å². The van der Waals surface area contributed by atoms with Crippen LogP contribution in [0.1, 0.15) is 34.3 Å². The van der Waals surface area contributed by atoms with Crippen LogP contribution in [0.25, 0.3) is 0 Å². The molecule has 6 rings (SSSR count). The highest BCUT2D eigenvalue weighted by Gasteiger charge is 1.78. The van der Waals surface area contributed by atoms with Crippen molar-refractivity contribution in [1.82, 2.24) is 81.1 Å². The zero-order chi connectivity index (χ0) is 30.7. The highest BCUT2D eigenvalue weighted by atomic mass is 15.3. The van der Waals surface area contributed by atoms with Gasteiger partial charge in [-0.25, -0.2) is 19.9 Å². The lowest BCUT2D eigenvalue weighted by atomic mass is 10.5. The van der Waals surface area contributed by atoms with Crippen molar-refractivity contribution in [2.45, 2.75) is 41.5 Å². The van der Waals surface area contributed by atoms with Crippen molar-refractivity contribution in [2.24, 2.45) is 0 Å². The van der Waals surface area contributed by atoms with Crippen molar-refractivity contribution in [3.8, 4) is 0 Å². The van der Waals surface area contributed by atoms with Gasteiger partial charge in [-0.15, -0.1) is 30.6 Å². The molecule has 0 unspecified atom stereocenters. The third-order valence-electron chi connectivity index (χ3n) is 3.88. The Morgan fingerprint density at radius 1 is 0.405 bits per heavy atom. The number of rotatable bonds is 0. The van der Waals surface area contributed by atoms with E-state index in [2.05, 4.69) is 81.1 Å². The summed E-state index contributed by atoms with van der Waals surface area (Å²) in [5.41, 5.74) is 4.50. The number of nitrogens with zero attached hydrogens (tertiary/aromatic N) is 16. The number of aryl methyl sites for hydroxylation is 6. The van der Waals surface area contributed by atoms with Crippen LogP contribution in [-0.2, 0) is 0 Å². The molecule has 0 aliphatic carbocycles. The average molecular weight is 569 g/mol. The lowest BCUT2D eigenvalue weighted by Crippen LogP contribution is -1.85. The van der Waals surface area contributed by atoms with Gasteiger partial charge in [-0.2, -0.15) is 10.2 Å². The summed E-state index contributed by atoms with van der Waals surface area (Å²) in [5, 5.41) is 35.2. The fraction of sp³-hybridized carbons (Fsp3) is 0.231. The Morgan fingerprint density at radius 3 is 1.26 bits per heavy atom. The van der Waals surface area contributed by atoms with E-state index < -0.39 is 0 Å². The Balaban J connectivity index is 0.000000252. The van der Waals surface area contributed by atoms with Gasteiger partial charge in [-0.05, 0) is 70.2 Å². The van der Waals surface area contributed by atoms with Crippen LogP contribution in [0.3, 0.4) is 0 Å². The molecule has 42 heavy (non-hydrogen) atoms. The quantitative estimate of drug-likeness (QED) is 0.257. The predicted molar refractivity (Wildman–Crippen MR) is 152 cm³/mol. The SMILES string of the molecule is Cc1ccnnn1.Cc1ccnnn1.Cc1cnccn1.Cc1cncnn1.Cc1cnncn1.Cc1ncccn1. The largest absolute Gasteiger partial charge is 0.261 e. The molecule has 16 heteroatoms. The third-order valence-corrected chi connectivity index (χ3v) is 3.88. The second-order valence-corrected chi connectivity index (χ2v) is 7.66. The normalized spacial score (nSPS) is 8.71. The highest BCUT2D eigenvalue weighted by molar-refractivity contribution is 4.91. The van der Waals surface area contributed by atoms with Crippen LogP contribution in [0.4, 0.5) is 0 Å². The van der Waals surface area contributed by atoms with Crippen molar-refractivity contribution in [3.05, 3.63) is 121 Å². The minimum atomic E-state index is 0.822. The first-order valence-corrected chi connectivity index (χ1v) is 12.2. The minimum absolute atomic E-state index is 0.822. The molecule has 0 atom stereocenters. The summed E-state index contributed by atoms with van der Waals surface area (Å²) < 4.78 is 0. The molecular weight excluding hydrogens is 536 g/mol. The molecule has 6 heterocycles. The number of aromatic nitrogens is 16. The van der Waals surface area contributed by atoms with Gasteiger partial charge in [0.05, 0.1) is 53.3 Å². The molecule has 6 aromatic heterocycles. The van der Waals surface area contributed by atoms with E-state index in [1.165, 1.54) is 12.7 Å². The van der Waals surface area contributed by atoms with E-state index in [1.807, 2.05) is 41.5 Å². The van der Waals surface area contributed by atoms with E-state index in [4.69, 9.17) is 0 Å². The summed E-state index contributed by atoms with van der Waals surface area (Å²) in [7, 11) is 0. The number of hydrogen-bond acceptors (Lipinski definition) is 16. The van der Waals surface area contributed by atoms with E-state index >= 15 is 0 Å². The molecule has 0 radical (unpaired) electrons. The van der Waals surface area contributed by atoms with Crippen LogP contribution in [0.15, 0.2) is 86.6 Å². The predicted octanol–water partition coefficient (Wildman–Crippen LogP) is 2.29. The van der Waals surface area contributed by atoms with E-state index in [1.54, 1.807) is 74.0 Å². The first-order valence-electron chi connectivity index (χ1n) is 12.2. The Morgan fingerprint density at radius 2 is 1.02 bits per heavy atom. The van der Waals surface area contributed by atoms with Crippen molar-refractivity contribution in [3.63, 3.8) is 0 Å². The molecule has 216 valence electrons. The van der Waals surface area contributed by atoms with Crippen LogP contribution < -0.4 is 0 Å². The van der Waals surface area contributed by atoms with E-state index in [9.17, 15) is 0 Å². The highest BCUT2D eigenvalue weighted by Crippen LogP contribution is 1.82. The van der Waals surface area contributed by atoms with E-state index in [-0.39, 0.29) is 0 Å². The second kappa shape index (κ2) is 23.1. The maximum absolute atomic E-state index is 3.92. The smallest absolute Gasteiger partial charge is 0.138 e. The topological polar surface area (TPSA) is 206 Å². The molecule has 0 amide bonds. The molecule has 0 bridgehead atoms. The van der Waals surface area contributed by atoms with Crippen LogP contribution in [0.2, 0.25) is 0 Å². The number of hydrogen-bond donors (Lipinski definition) is 0. The van der Waals surface area contributed by atoms with Crippen molar-refractivity contribution in [1.29, 1.82) is 0 Å². The maximum atomic E-state index is 3.92. The zero-order valence-corrected chi connectivity index (χ0v) is 24.2. The van der Waals surface area contributed by atoms with Crippen molar-refractivity contribution in [2.75, 3.05) is 0 Å². The van der Waals surface area contributed by atoms with Crippen molar-refractivity contribution >= 4 is 0 Å². The summed E-state index contributed by atoms with van der Waals surface area (Å²) in [5.74, 6) is 0.822. The van der Waals surface area contributed by atoms with Crippen LogP contribution in [0.5, 0.6) is 0 Å². The Bertz CT molecular complexity index is 1110. The van der Waals surface area contributed by atoms with Crippen LogP contribution in [-0.4, -0.2) is 81.1 Å². The summed E-state index contributed by atoms with van der Waals surface area (Å²) in [6, 6.07) is 5.40. The third kappa shape index (κ3) is 21.2. The molecule has 0 fully saturated rings. The Kier molecular flexibility index (Phi) is 18.8. The molecule has 0 aromatic carbocycles. The van der Waals surface area contributed by atoms with Crippen LogP contribution >= 0.6 is 0 Å². The molecule has 0 aliphatic rings. The first-order chi connectivity index (χ1) is 20.4. The summed E-state index contributed by atoms with van der Waals surface area (Å²) in [6.07, 6.45) is 17.8. The standard InChI is InChI=1S/2C5H6N2.4C4H5N3/c1-5-4-6-2-3-7-5;1-5-6-3-2-4-7-5;1-4-2-6-7-3-5-4;1-4-2-5-3-6-7-4;2*1-4-2-3-5-7-6-4/h2*2-4H,1H3;4*2-3H,1H3. The average Bonchev–Trinajstić information content (AvgIpc) is 3.01. The molecule has 0 saturated heterocycles. The summed E-state index contributed by atoms with van der Waals surface area (Å²) in [4.78, 5) is 23.0. The molecule has 0 spiro atoms. The van der Waals surface area contributed by atoms with Gasteiger partial charge in [0.15, 0.2) is 0 Å². The Hall–Kier alpha value is -5.80. The fourth-order valence-corrected chi connectivity index (χ4v) is 1.96. The lowest BCUT2D eigenvalue weighted by molar-refractivity contribution is 0.839. The molecule has 0 aliphatic heterocycles. The van der Waals surface area contributed by atoms with Gasteiger partial charge in [0.1, 0.15) is 18.5 Å². The zero-order valence-electron chi connectivity index (χ0n) is 24.2. The fourth-order valence-electron chi connectivity index (χ4n) is 1.96. The van der Waals surface area contributed by atoms with E-state index in [0.717, 1.165) is 34.3 Å². The minimum Gasteiger partial charge on any atom is -0.261 e. The molecule has 0 saturated carbocycles. The molecule has 0 N–H and O–H groups in total. The molecule has 16 nitrogen and oxygen atoms in total. The molecule has 6 aromatic rings. The summed E-state index contributed by atoms with van der Waals surface area (Å²) >= 11 is 0. The Labute approximate surface area is 243 Å². The van der Waals surface area contributed by atoms with Gasteiger partial charge in [0, 0.05) is 31.0 Å². The summed E-state index contributed by atoms with van der Waals surface area (Å²) in [6.45, 7) is 11.2. The lowest BCUT2D eigenvalue weighted by Gasteiger charge is -1.81. The van der Waals surface area contributed by atoms with Gasteiger partial charge in [0.2, 0.25) is 0 Å².